The molecule has 0 atom stereocenters. The lowest BCUT2D eigenvalue weighted by atomic mass is 10.1. The molecule has 80 valence electrons. The minimum absolute atomic E-state index is 0.245. The van der Waals surface area contributed by atoms with Gasteiger partial charge in [0, 0.05) is 5.39 Å². The second-order valence-electron chi connectivity index (χ2n) is 3.58. The van der Waals surface area contributed by atoms with Crippen LogP contribution in [0, 0.1) is 12.7 Å². The molecular formula is C10H8FN5. The highest BCUT2D eigenvalue weighted by Gasteiger charge is 2.10. The number of hydrogen-bond acceptors (Lipinski definition) is 4. The van der Waals surface area contributed by atoms with Crippen molar-refractivity contribution in [1.82, 2.24) is 19.6 Å². The summed E-state index contributed by atoms with van der Waals surface area (Å²) in [7, 11) is 0. The monoisotopic (exact) mass is 217 g/mol. The van der Waals surface area contributed by atoms with Gasteiger partial charge in [-0.05, 0) is 24.6 Å². The zero-order chi connectivity index (χ0) is 11.3. The van der Waals surface area contributed by atoms with E-state index in [1.54, 1.807) is 6.92 Å². The number of rotatable bonds is 0. The van der Waals surface area contributed by atoms with Crippen LogP contribution in [0.2, 0.25) is 0 Å². The van der Waals surface area contributed by atoms with Gasteiger partial charge in [0.2, 0.25) is 5.95 Å². The standard InChI is InChI=1S/C10H8FN5/c1-5-2-6(11)3-7-8(5)15-10(12)16-9(7)13-4-14-16/h2-4H,1H3,(H2,12,15). The number of aromatic nitrogens is 4. The molecule has 0 aliphatic rings. The molecule has 0 saturated carbocycles. The second kappa shape index (κ2) is 2.88. The maximum Gasteiger partial charge on any atom is 0.223 e. The third-order valence-electron chi connectivity index (χ3n) is 2.50. The van der Waals surface area contributed by atoms with Gasteiger partial charge < -0.3 is 5.73 Å². The number of aryl methyl sites for hydroxylation is 1. The lowest BCUT2D eigenvalue weighted by molar-refractivity contribution is 0.628. The van der Waals surface area contributed by atoms with Gasteiger partial charge in [-0.3, -0.25) is 0 Å². The third kappa shape index (κ3) is 1.06. The molecule has 3 aromatic rings. The molecule has 3 rings (SSSR count). The summed E-state index contributed by atoms with van der Waals surface area (Å²) in [5, 5.41) is 4.54. The van der Waals surface area contributed by atoms with E-state index in [-0.39, 0.29) is 11.8 Å². The van der Waals surface area contributed by atoms with Gasteiger partial charge >= 0.3 is 0 Å². The molecule has 0 fully saturated rings. The lowest BCUT2D eigenvalue weighted by Gasteiger charge is -2.05. The SMILES string of the molecule is Cc1cc(F)cc2c1nc(N)n1ncnc21. The Morgan fingerprint density at radius 2 is 2.19 bits per heavy atom. The van der Waals surface area contributed by atoms with Crippen LogP contribution in [0.1, 0.15) is 5.56 Å². The fraction of sp³-hybridized carbons (Fsp3) is 0.100. The maximum atomic E-state index is 13.3. The van der Waals surface area contributed by atoms with Crippen molar-refractivity contribution in [3.63, 3.8) is 0 Å². The highest BCUT2D eigenvalue weighted by atomic mass is 19.1. The van der Waals surface area contributed by atoms with E-state index < -0.39 is 0 Å². The first-order valence-corrected chi connectivity index (χ1v) is 4.72. The van der Waals surface area contributed by atoms with E-state index in [1.165, 1.54) is 23.0 Å². The molecule has 0 saturated heterocycles. The summed E-state index contributed by atoms with van der Waals surface area (Å²) in [6, 6.07) is 2.81. The number of nitrogens with zero attached hydrogens (tertiary/aromatic N) is 4. The number of nitrogens with two attached hydrogens (primary N) is 1. The topological polar surface area (TPSA) is 69.1 Å². The molecule has 2 heterocycles. The second-order valence-corrected chi connectivity index (χ2v) is 3.58. The zero-order valence-electron chi connectivity index (χ0n) is 8.48. The number of anilines is 1. The molecule has 2 N–H and O–H groups in total. The first-order chi connectivity index (χ1) is 7.66. The van der Waals surface area contributed by atoms with Crippen LogP contribution in [-0.2, 0) is 0 Å². The Bertz CT molecular complexity index is 703. The zero-order valence-corrected chi connectivity index (χ0v) is 8.48. The van der Waals surface area contributed by atoms with Crippen molar-refractivity contribution in [2.24, 2.45) is 0 Å². The molecule has 5 nitrogen and oxygen atoms in total. The van der Waals surface area contributed by atoms with Gasteiger partial charge in [0.25, 0.3) is 0 Å². The van der Waals surface area contributed by atoms with Crippen LogP contribution in [0.3, 0.4) is 0 Å². The quantitative estimate of drug-likeness (QED) is 0.616. The predicted octanol–water partition coefficient (Wildman–Crippen LogP) is 1.31. The first-order valence-electron chi connectivity index (χ1n) is 4.72. The molecule has 1 aromatic carbocycles. The van der Waals surface area contributed by atoms with E-state index in [2.05, 4.69) is 15.1 Å². The van der Waals surface area contributed by atoms with Crippen molar-refractivity contribution in [2.75, 3.05) is 5.73 Å². The highest BCUT2D eigenvalue weighted by molar-refractivity contribution is 5.93. The number of fused-ring (bicyclic) bond motifs is 3. The molecular weight excluding hydrogens is 209 g/mol. The van der Waals surface area contributed by atoms with E-state index in [1.807, 2.05) is 0 Å². The molecule has 2 aromatic heterocycles. The fourth-order valence-electron chi connectivity index (χ4n) is 1.81. The molecule has 0 radical (unpaired) electrons. The third-order valence-corrected chi connectivity index (χ3v) is 2.50. The number of hydrogen-bond donors (Lipinski definition) is 1. The number of benzene rings is 1. The summed E-state index contributed by atoms with van der Waals surface area (Å²) in [6.45, 7) is 1.78. The van der Waals surface area contributed by atoms with Gasteiger partial charge in [0.05, 0.1) is 5.52 Å². The Morgan fingerprint density at radius 3 is 3.00 bits per heavy atom. The van der Waals surface area contributed by atoms with Gasteiger partial charge in [-0.2, -0.15) is 9.61 Å². The minimum atomic E-state index is -0.318. The molecule has 0 aliphatic heterocycles. The van der Waals surface area contributed by atoms with E-state index in [4.69, 9.17) is 5.73 Å². The first kappa shape index (κ1) is 9.02. The average molecular weight is 217 g/mol. The van der Waals surface area contributed by atoms with Crippen molar-refractivity contribution < 1.29 is 4.39 Å². The van der Waals surface area contributed by atoms with Gasteiger partial charge in [-0.15, -0.1) is 0 Å². The number of halogens is 1. The minimum Gasteiger partial charge on any atom is -0.368 e. The lowest BCUT2D eigenvalue weighted by Crippen LogP contribution is -2.03. The average Bonchev–Trinajstić information content (AvgIpc) is 2.69. The van der Waals surface area contributed by atoms with Crippen LogP contribution in [-0.4, -0.2) is 19.6 Å². The Balaban J connectivity index is 2.64. The summed E-state index contributed by atoms with van der Waals surface area (Å²) in [5.41, 5.74) is 7.63. The van der Waals surface area contributed by atoms with Crippen LogP contribution >= 0.6 is 0 Å². The Morgan fingerprint density at radius 1 is 1.38 bits per heavy atom. The van der Waals surface area contributed by atoms with Crippen molar-refractivity contribution in [3.05, 3.63) is 29.8 Å². The fourth-order valence-corrected chi connectivity index (χ4v) is 1.81. The van der Waals surface area contributed by atoms with E-state index in [9.17, 15) is 4.39 Å². The summed E-state index contributed by atoms with van der Waals surface area (Å²) in [4.78, 5) is 8.24. The molecule has 0 spiro atoms. The van der Waals surface area contributed by atoms with Crippen molar-refractivity contribution in [2.45, 2.75) is 6.92 Å². The van der Waals surface area contributed by atoms with E-state index in [0.29, 0.717) is 16.6 Å². The summed E-state index contributed by atoms with van der Waals surface area (Å²) >= 11 is 0. The number of nitrogen functional groups attached to an aromatic ring is 1. The smallest absolute Gasteiger partial charge is 0.223 e. The molecule has 0 bridgehead atoms. The van der Waals surface area contributed by atoms with Crippen LogP contribution < -0.4 is 5.73 Å². The van der Waals surface area contributed by atoms with Crippen LogP contribution in [0.5, 0.6) is 0 Å². The van der Waals surface area contributed by atoms with Gasteiger partial charge in [-0.25, -0.2) is 14.4 Å². The Kier molecular flexibility index (Phi) is 1.62. The summed E-state index contributed by atoms with van der Waals surface area (Å²) < 4.78 is 14.7. The van der Waals surface area contributed by atoms with Gasteiger partial charge in [0.15, 0.2) is 5.65 Å². The van der Waals surface area contributed by atoms with Crippen molar-refractivity contribution >= 4 is 22.5 Å². The van der Waals surface area contributed by atoms with Gasteiger partial charge in [0.1, 0.15) is 12.1 Å². The van der Waals surface area contributed by atoms with Crippen LogP contribution in [0.15, 0.2) is 18.5 Å². The molecule has 0 amide bonds. The molecule has 0 aliphatic carbocycles. The van der Waals surface area contributed by atoms with Gasteiger partial charge in [-0.1, -0.05) is 0 Å². The van der Waals surface area contributed by atoms with Crippen LogP contribution in [0.25, 0.3) is 16.6 Å². The van der Waals surface area contributed by atoms with Crippen LogP contribution in [0.4, 0.5) is 10.3 Å². The van der Waals surface area contributed by atoms with E-state index >= 15 is 0 Å². The highest BCUT2D eigenvalue weighted by Crippen LogP contribution is 2.22. The Hall–Kier alpha value is -2.24. The molecule has 0 unspecified atom stereocenters. The van der Waals surface area contributed by atoms with E-state index in [0.717, 1.165) is 5.56 Å². The predicted molar refractivity (Wildman–Crippen MR) is 57.4 cm³/mol. The van der Waals surface area contributed by atoms with Crippen molar-refractivity contribution in [3.8, 4) is 0 Å². The largest absolute Gasteiger partial charge is 0.368 e. The Labute approximate surface area is 89.7 Å². The molecule has 16 heavy (non-hydrogen) atoms. The molecule has 6 heteroatoms. The summed E-state index contributed by atoms with van der Waals surface area (Å²) in [5.74, 6) is -0.0730. The van der Waals surface area contributed by atoms with Crippen molar-refractivity contribution in [1.29, 1.82) is 0 Å². The summed E-state index contributed by atoms with van der Waals surface area (Å²) in [6.07, 6.45) is 1.37. The normalized spacial score (nSPS) is 11.4. The maximum absolute atomic E-state index is 13.3.